The highest BCUT2D eigenvalue weighted by molar-refractivity contribution is 5.46. The minimum atomic E-state index is -2.44. The van der Waals surface area contributed by atoms with E-state index in [0.29, 0.717) is 12.2 Å². The Morgan fingerprint density at radius 2 is 2.06 bits per heavy atom. The zero-order valence-electron chi connectivity index (χ0n) is 8.49. The third-order valence-electron chi connectivity index (χ3n) is 2.19. The molecule has 2 aromatic rings. The number of halogens is 2. The summed E-state index contributed by atoms with van der Waals surface area (Å²) in [7, 11) is 0. The van der Waals surface area contributed by atoms with Crippen LogP contribution in [0.2, 0.25) is 0 Å². The van der Waals surface area contributed by atoms with Gasteiger partial charge in [-0.1, -0.05) is 12.1 Å². The predicted octanol–water partition coefficient (Wildman–Crippen LogP) is 3.83. The van der Waals surface area contributed by atoms with Gasteiger partial charge in [0.2, 0.25) is 0 Å². The van der Waals surface area contributed by atoms with Gasteiger partial charge in [0, 0.05) is 11.3 Å². The van der Waals surface area contributed by atoms with Crippen molar-refractivity contribution >= 4 is 5.69 Å². The van der Waals surface area contributed by atoms with Crippen molar-refractivity contribution in [3.8, 4) is 0 Å². The third-order valence-corrected chi connectivity index (χ3v) is 2.19. The Labute approximate surface area is 91.9 Å². The molecule has 1 N–H and O–H groups in total. The summed E-state index contributed by atoms with van der Waals surface area (Å²) >= 11 is 0. The van der Waals surface area contributed by atoms with E-state index < -0.39 is 6.43 Å². The Morgan fingerprint density at radius 3 is 2.75 bits per heavy atom. The fourth-order valence-corrected chi connectivity index (χ4v) is 1.39. The first-order valence-corrected chi connectivity index (χ1v) is 4.90. The SMILES string of the molecule is FC(F)c1cccc(NCc2ccco2)c1. The highest BCUT2D eigenvalue weighted by Gasteiger charge is 2.06. The van der Waals surface area contributed by atoms with E-state index in [1.54, 1.807) is 24.5 Å². The van der Waals surface area contributed by atoms with Gasteiger partial charge in [0.15, 0.2) is 0 Å². The Balaban J connectivity index is 2.01. The molecule has 0 aliphatic heterocycles. The first-order chi connectivity index (χ1) is 7.75. The molecule has 0 unspecified atom stereocenters. The van der Waals surface area contributed by atoms with Crippen LogP contribution in [-0.2, 0) is 6.54 Å². The molecule has 0 radical (unpaired) electrons. The maximum absolute atomic E-state index is 12.4. The normalized spacial score (nSPS) is 10.7. The summed E-state index contributed by atoms with van der Waals surface area (Å²) in [5, 5.41) is 3.02. The number of furan rings is 1. The summed E-state index contributed by atoms with van der Waals surface area (Å²) in [5.74, 6) is 0.766. The maximum atomic E-state index is 12.4. The van der Waals surface area contributed by atoms with E-state index in [2.05, 4.69) is 5.32 Å². The second kappa shape index (κ2) is 4.79. The van der Waals surface area contributed by atoms with Gasteiger partial charge in [-0.3, -0.25) is 0 Å². The molecule has 4 heteroatoms. The molecule has 0 fully saturated rings. The smallest absolute Gasteiger partial charge is 0.263 e. The van der Waals surface area contributed by atoms with Crippen molar-refractivity contribution in [3.63, 3.8) is 0 Å². The van der Waals surface area contributed by atoms with Gasteiger partial charge in [0.05, 0.1) is 12.8 Å². The number of anilines is 1. The Kier molecular flexibility index (Phi) is 3.19. The molecule has 0 spiro atoms. The van der Waals surface area contributed by atoms with Crippen molar-refractivity contribution in [2.24, 2.45) is 0 Å². The van der Waals surface area contributed by atoms with E-state index >= 15 is 0 Å². The molecule has 0 saturated carbocycles. The van der Waals surface area contributed by atoms with E-state index in [9.17, 15) is 8.78 Å². The highest BCUT2D eigenvalue weighted by Crippen LogP contribution is 2.21. The average Bonchev–Trinajstić information content (AvgIpc) is 2.79. The van der Waals surface area contributed by atoms with Crippen LogP contribution in [0.3, 0.4) is 0 Å². The lowest BCUT2D eigenvalue weighted by Crippen LogP contribution is -1.98. The molecule has 0 aliphatic rings. The summed E-state index contributed by atoms with van der Waals surface area (Å²) in [5.41, 5.74) is 0.679. The molecule has 0 atom stereocenters. The standard InChI is InChI=1S/C12H11F2NO/c13-12(14)9-3-1-4-10(7-9)15-8-11-5-2-6-16-11/h1-7,12,15H,8H2. The van der Waals surface area contributed by atoms with Crippen molar-refractivity contribution in [2.75, 3.05) is 5.32 Å². The van der Waals surface area contributed by atoms with Crippen molar-refractivity contribution in [2.45, 2.75) is 13.0 Å². The number of nitrogens with one attached hydrogen (secondary N) is 1. The van der Waals surface area contributed by atoms with Crippen molar-refractivity contribution in [1.82, 2.24) is 0 Å². The van der Waals surface area contributed by atoms with E-state index in [-0.39, 0.29) is 5.56 Å². The molecule has 0 aliphatic carbocycles. The van der Waals surface area contributed by atoms with Gasteiger partial charge < -0.3 is 9.73 Å². The van der Waals surface area contributed by atoms with E-state index in [4.69, 9.17) is 4.42 Å². The zero-order chi connectivity index (χ0) is 11.4. The second-order valence-corrected chi connectivity index (χ2v) is 3.36. The second-order valence-electron chi connectivity index (χ2n) is 3.36. The summed E-state index contributed by atoms with van der Waals surface area (Å²) in [6.07, 6.45) is -0.863. The fourth-order valence-electron chi connectivity index (χ4n) is 1.39. The quantitative estimate of drug-likeness (QED) is 0.852. The summed E-state index contributed by atoms with van der Waals surface area (Å²) in [4.78, 5) is 0. The van der Waals surface area contributed by atoms with Crippen LogP contribution in [0.15, 0.2) is 47.1 Å². The highest BCUT2D eigenvalue weighted by atomic mass is 19.3. The molecular weight excluding hydrogens is 212 g/mol. The monoisotopic (exact) mass is 223 g/mol. The molecule has 84 valence electrons. The first-order valence-electron chi connectivity index (χ1n) is 4.90. The molecule has 0 bridgehead atoms. The van der Waals surface area contributed by atoms with E-state index in [1.807, 2.05) is 6.07 Å². The summed E-state index contributed by atoms with van der Waals surface area (Å²) in [6.45, 7) is 0.486. The lowest BCUT2D eigenvalue weighted by Gasteiger charge is -2.06. The van der Waals surface area contributed by atoms with Crippen LogP contribution in [0.1, 0.15) is 17.7 Å². The van der Waals surface area contributed by atoms with Crippen LogP contribution in [0.25, 0.3) is 0 Å². The van der Waals surface area contributed by atoms with Crippen LogP contribution in [0.4, 0.5) is 14.5 Å². The van der Waals surface area contributed by atoms with Crippen molar-refractivity contribution in [1.29, 1.82) is 0 Å². The van der Waals surface area contributed by atoms with Gasteiger partial charge in [-0.15, -0.1) is 0 Å². The molecule has 1 aromatic carbocycles. The molecule has 16 heavy (non-hydrogen) atoms. The van der Waals surface area contributed by atoms with Crippen LogP contribution in [-0.4, -0.2) is 0 Å². The molecule has 1 heterocycles. The summed E-state index contributed by atoms with van der Waals surface area (Å²) < 4.78 is 30.0. The predicted molar refractivity (Wildman–Crippen MR) is 57.4 cm³/mol. The molecule has 2 rings (SSSR count). The minimum Gasteiger partial charge on any atom is -0.467 e. The van der Waals surface area contributed by atoms with E-state index in [0.717, 1.165) is 5.76 Å². The Morgan fingerprint density at radius 1 is 1.19 bits per heavy atom. The van der Waals surface area contributed by atoms with E-state index in [1.165, 1.54) is 12.1 Å². The molecule has 2 nitrogen and oxygen atoms in total. The fraction of sp³-hybridized carbons (Fsp3) is 0.167. The summed E-state index contributed by atoms with van der Waals surface area (Å²) in [6, 6.07) is 9.80. The number of hydrogen-bond acceptors (Lipinski definition) is 2. The molecule has 0 saturated heterocycles. The Bertz CT molecular complexity index is 440. The van der Waals surface area contributed by atoms with Crippen molar-refractivity contribution < 1.29 is 13.2 Å². The third kappa shape index (κ3) is 2.59. The first kappa shape index (κ1) is 10.7. The van der Waals surface area contributed by atoms with Gasteiger partial charge in [-0.05, 0) is 24.3 Å². The van der Waals surface area contributed by atoms with Crippen LogP contribution in [0.5, 0.6) is 0 Å². The largest absolute Gasteiger partial charge is 0.467 e. The van der Waals surface area contributed by atoms with Crippen LogP contribution < -0.4 is 5.32 Å². The Hall–Kier alpha value is -1.84. The molecular formula is C12H11F2NO. The number of alkyl halides is 2. The maximum Gasteiger partial charge on any atom is 0.263 e. The molecule has 0 amide bonds. The van der Waals surface area contributed by atoms with Crippen molar-refractivity contribution in [3.05, 3.63) is 54.0 Å². The van der Waals surface area contributed by atoms with Gasteiger partial charge in [0.25, 0.3) is 6.43 Å². The van der Waals surface area contributed by atoms with Gasteiger partial charge in [-0.25, -0.2) is 8.78 Å². The number of hydrogen-bond donors (Lipinski definition) is 1. The minimum absolute atomic E-state index is 0.0180. The lowest BCUT2D eigenvalue weighted by atomic mass is 10.2. The van der Waals surface area contributed by atoms with Gasteiger partial charge >= 0.3 is 0 Å². The molecule has 1 aromatic heterocycles. The number of rotatable bonds is 4. The van der Waals surface area contributed by atoms with Gasteiger partial charge in [0.1, 0.15) is 5.76 Å². The van der Waals surface area contributed by atoms with Crippen LogP contribution in [0, 0.1) is 0 Å². The lowest BCUT2D eigenvalue weighted by molar-refractivity contribution is 0.151. The van der Waals surface area contributed by atoms with Gasteiger partial charge in [-0.2, -0.15) is 0 Å². The average molecular weight is 223 g/mol. The topological polar surface area (TPSA) is 25.2 Å². The zero-order valence-corrected chi connectivity index (χ0v) is 8.49. The van der Waals surface area contributed by atoms with Crippen LogP contribution >= 0.6 is 0 Å². The number of benzene rings is 1.